The maximum absolute atomic E-state index is 6.08. The molecule has 0 amide bonds. The summed E-state index contributed by atoms with van der Waals surface area (Å²) in [6, 6.07) is 2.70. The van der Waals surface area contributed by atoms with Gasteiger partial charge in [-0.05, 0) is 47.2 Å². The van der Waals surface area contributed by atoms with Gasteiger partial charge in [0, 0.05) is 20.8 Å². The molecule has 0 aliphatic heterocycles. The molecule has 0 radical (unpaired) electrons. The van der Waals surface area contributed by atoms with Crippen LogP contribution in [0.4, 0.5) is 0 Å². The fourth-order valence-electron chi connectivity index (χ4n) is 2.43. The van der Waals surface area contributed by atoms with Crippen molar-refractivity contribution in [3.8, 4) is 0 Å². The van der Waals surface area contributed by atoms with Crippen molar-refractivity contribution in [2.75, 3.05) is 0 Å². The predicted molar refractivity (Wildman–Crippen MR) is 70.3 cm³/mol. The summed E-state index contributed by atoms with van der Waals surface area (Å²) in [6.07, 6.45) is 7.73. The second-order valence-corrected chi connectivity index (χ2v) is 6.49. The molecular formula is C12H18BrNS. The Labute approximate surface area is 104 Å². The summed E-state index contributed by atoms with van der Waals surface area (Å²) in [7, 11) is 0. The topological polar surface area (TPSA) is 26.0 Å². The van der Waals surface area contributed by atoms with Gasteiger partial charge in [0.25, 0.3) is 0 Å². The average Bonchev–Trinajstić information content (AvgIpc) is 2.46. The van der Waals surface area contributed by atoms with Crippen LogP contribution in [-0.2, 0) is 6.42 Å². The molecule has 1 heterocycles. The van der Waals surface area contributed by atoms with Gasteiger partial charge < -0.3 is 5.73 Å². The molecule has 2 rings (SSSR count). The molecule has 1 aromatic heterocycles. The molecule has 1 nitrogen and oxygen atoms in total. The van der Waals surface area contributed by atoms with Gasteiger partial charge in [0.05, 0.1) is 0 Å². The quantitative estimate of drug-likeness (QED) is 0.819. The van der Waals surface area contributed by atoms with E-state index in [1.165, 1.54) is 47.9 Å². The monoisotopic (exact) mass is 287 g/mol. The number of halogens is 1. The minimum atomic E-state index is 0.445. The third-order valence-electron chi connectivity index (χ3n) is 3.18. The van der Waals surface area contributed by atoms with E-state index in [1.807, 2.05) is 11.3 Å². The molecule has 0 bridgehead atoms. The smallest absolute Gasteiger partial charge is 0.0285 e. The lowest BCUT2D eigenvalue weighted by molar-refractivity contribution is 0.433. The molecule has 0 aromatic carbocycles. The van der Waals surface area contributed by atoms with Crippen LogP contribution in [0, 0.1) is 5.92 Å². The van der Waals surface area contributed by atoms with Crippen LogP contribution in [-0.4, -0.2) is 6.04 Å². The van der Waals surface area contributed by atoms with Crippen molar-refractivity contribution in [1.82, 2.24) is 0 Å². The molecule has 2 atom stereocenters. The largest absolute Gasteiger partial charge is 0.328 e. The summed E-state index contributed by atoms with van der Waals surface area (Å²) < 4.78 is 1.22. The summed E-state index contributed by atoms with van der Waals surface area (Å²) >= 11 is 5.37. The maximum Gasteiger partial charge on any atom is 0.0285 e. The molecular weight excluding hydrogens is 270 g/mol. The Kier molecular flexibility index (Phi) is 4.23. The lowest BCUT2D eigenvalue weighted by Gasteiger charge is -2.15. The summed E-state index contributed by atoms with van der Waals surface area (Å²) in [5.41, 5.74) is 6.08. The van der Waals surface area contributed by atoms with Crippen molar-refractivity contribution in [3.05, 3.63) is 20.8 Å². The zero-order valence-electron chi connectivity index (χ0n) is 8.92. The molecule has 1 aliphatic carbocycles. The highest BCUT2D eigenvalue weighted by atomic mass is 79.9. The van der Waals surface area contributed by atoms with Gasteiger partial charge >= 0.3 is 0 Å². The van der Waals surface area contributed by atoms with E-state index in [0.29, 0.717) is 6.04 Å². The van der Waals surface area contributed by atoms with E-state index in [9.17, 15) is 0 Å². The molecule has 2 unspecified atom stereocenters. The van der Waals surface area contributed by atoms with Crippen LogP contribution in [0.2, 0.25) is 0 Å². The first-order chi connectivity index (χ1) is 7.24. The summed E-state index contributed by atoms with van der Waals surface area (Å²) in [5.74, 6) is 0.813. The minimum absolute atomic E-state index is 0.445. The standard InChI is InChI=1S/C12H18BrNS/c13-10-7-12(15-8-10)6-9-3-1-2-4-11(14)5-9/h7-9,11H,1-6,14H2. The zero-order valence-corrected chi connectivity index (χ0v) is 11.3. The first-order valence-electron chi connectivity index (χ1n) is 5.72. The van der Waals surface area contributed by atoms with Gasteiger partial charge in [-0.15, -0.1) is 11.3 Å². The van der Waals surface area contributed by atoms with Gasteiger partial charge in [-0.3, -0.25) is 0 Å². The van der Waals surface area contributed by atoms with Crippen LogP contribution in [0.5, 0.6) is 0 Å². The van der Waals surface area contributed by atoms with Crippen LogP contribution < -0.4 is 5.73 Å². The summed E-state index contributed by atoms with van der Waals surface area (Å²) in [5, 5.41) is 2.17. The molecule has 15 heavy (non-hydrogen) atoms. The van der Waals surface area contributed by atoms with Crippen molar-refractivity contribution in [2.45, 2.75) is 44.6 Å². The summed E-state index contributed by atoms with van der Waals surface area (Å²) in [6.45, 7) is 0. The third kappa shape index (κ3) is 3.58. The molecule has 1 aromatic rings. The van der Waals surface area contributed by atoms with E-state index in [4.69, 9.17) is 5.73 Å². The highest BCUT2D eigenvalue weighted by Gasteiger charge is 2.18. The van der Waals surface area contributed by atoms with Gasteiger partial charge in [-0.1, -0.05) is 19.3 Å². The van der Waals surface area contributed by atoms with Crippen molar-refractivity contribution >= 4 is 27.3 Å². The average molecular weight is 288 g/mol. The minimum Gasteiger partial charge on any atom is -0.328 e. The SMILES string of the molecule is NC1CCCCC(Cc2cc(Br)cs2)C1. The van der Waals surface area contributed by atoms with E-state index < -0.39 is 0 Å². The lowest BCUT2D eigenvalue weighted by atomic mass is 9.94. The number of hydrogen-bond donors (Lipinski definition) is 1. The van der Waals surface area contributed by atoms with Crippen LogP contribution in [0.15, 0.2) is 15.9 Å². The number of thiophene rings is 1. The number of nitrogens with two attached hydrogens (primary N) is 1. The van der Waals surface area contributed by atoms with Gasteiger partial charge in [0.15, 0.2) is 0 Å². The van der Waals surface area contributed by atoms with Crippen molar-refractivity contribution in [2.24, 2.45) is 11.7 Å². The Balaban J connectivity index is 1.92. The molecule has 2 N–H and O–H groups in total. The Hall–Kier alpha value is 0.140. The van der Waals surface area contributed by atoms with Crippen molar-refractivity contribution in [1.29, 1.82) is 0 Å². The molecule has 3 heteroatoms. The lowest BCUT2D eigenvalue weighted by Crippen LogP contribution is -2.22. The van der Waals surface area contributed by atoms with E-state index in [-0.39, 0.29) is 0 Å². The van der Waals surface area contributed by atoms with E-state index in [2.05, 4.69) is 27.4 Å². The van der Waals surface area contributed by atoms with Gasteiger partial charge in [0.1, 0.15) is 0 Å². The molecule has 84 valence electrons. The maximum atomic E-state index is 6.08. The van der Waals surface area contributed by atoms with E-state index in [1.54, 1.807) is 0 Å². The summed E-state index contributed by atoms with van der Waals surface area (Å²) in [4.78, 5) is 1.50. The second kappa shape index (κ2) is 5.46. The van der Waals surface area contributed by atoms with Gasteiger partial charge in [-0.25, -0.2) is 0 Å². The normalized spacial score (nSPS) is 27.6. The van der Waals surface area contributed by atoms with E-state index in [0.717, 1.165) is 5.92 Å². The number of hydrogen-bond acceptors (Lipinski definition) is 2. The first kappa shape index (κ1) is 11.6. The Morgan fingerprint density at radius 3 is 2.93 bits per heavy atom. The van der Waals surface area contributed by atoms with Crippen LogP contribution in [0.25, 0.3) is 0 Å². The highest BCUT2D eigenvalue weighted by Crippen LogP contribution is 2.29. The molecule has 1 saturated carbocycles. The third-order valence-corrected chi connectivity index (χ3v) is 4.90. The number of rotatable bonds is 2. The highest BCUT2D eigenvalue weighted by molar-refractivity contribution is 9.10. The fraction of sp³-hybridized carbons (Fsp3) is 0.667. The zero-order chi connectivity index (χ0) is 10.7. The fourth-order valence-corrected chi connectivity index (χ4v) is 4.00. The molecule has 0 saturated heterocycles. The molecule has 1 fully saturated rings. The van der Waals surface area contributed by atoms with Crippen LogP contribution >= 0.6 is 27.3 Å². The van der Waals surface area contributed by atoms with Crippen molar-refractivity contribution in [3.63, 3.8) is 0 Å². The Bertz CT molecular complexity index is 310. The van der Waals surface area contributed by atoms with E-state index >= 15 is 0 Å². The second-order valence-electron chi connectivity index (χ2n) is 4.58. The van der Waals surface area contributed by atoms with Crippen LogP contribution in [0.1, 0.15) is 37.0 Å². The van der Waals surface area contributed by atoms with Crippen molar-refractivity contribution < 1.29 is 0 Å². The Morgan fingerprint density at radius 2 is 2.20 bits per heavy atom. The molecule has 1 aliphatic rings. The Morgan fingerprint density at radius 1 is 1.40 bits per heavy atom. The molecule has 0 spiro atoms. The van der Waals surface area contributed by atoms with Gasteiger partial charge in [0.2, 0.25) is 0 Å². The van der Waals surface area contributed by atoms with Gasteiger partial charge in [-0.2, -0.15) is 0 Å². The first-order valence-corrected chi connectivity index (χ1v) is 7.40. The van der Waals surface area contributed by atoms with Crippen LogP contribution in [0.3, 0.4) is 0 Å². The predicted octanol–water partition coefficient (Wildman–Crippen LogP) is 3.96.